The number of carbonyl (C=O) groups is 1. The van der Waals surface area contributed by atoms with Crippen molar-refractivity contribution in [2.75, 3.05) is 20.3 Å². The molecule has 1 fully saturated rings. The number of rotatable bonds is 9. The third-order valence-corrected chi connectivity index (χ3v) is 12.0. The van der Waals surface area contributed by atoms with Crippen LogP contribution in [0.25, 0.3) is 0 Å². The Kier molecular flexibility index (Phi) is 9.55. The third-order valence-electron chi connectivity index (χ3n) is 6.16. The molecule has 0 saturated carbocycles. The zero-order valence-electron chi connectivity index (χ0n) is 19.9. The summed E-state index contributed by atoms with van der Waals surface area (Å²) >= 11 is 19.0. The van der Waals surface area contributed by atoms with Crippen molar-refractivity contribution in [1.82, 2.24) is 4.90 Å². The maximum atomic E-state index is 13.0. The van der Waals surface area contributed by atoms with Crippen LogP contribution < -0.4 is 0 Å². The molecule has 2 rings (SSSR count). The lowest BCUT2D eigenvalue weighted by molar-refractivity contribution is -0.214. The molecule has 1 aliphatic rings. The fraction of sp³-hybridized carbons (Fsp3) is 0.682. The quantitative estimate of drug-likeness (QED) is 0.253. The van der Waals surface area contributed by atoms with Crippen molar-refractivity contribution in [1.29, 1.82) is 0 Å². The molecule has 0 spiro atoms. The van der Waals surface area contributed by atoms with Gasteiger partial charge in [-0.1, -0.05) is 51.1 Å². The maximum absolute atomic E-state index is 13.0. The summed E-state index contributed by atoms with van der Waals surface area (Å²) < 4.78 is 20.0. The molecule has 1 N–H and O–H groups in total. The standard InChI is InChI=1S/C22H34Cl3NO6Si/c1-20(2,3)33(5,6)31-15-17-12-18(27)13-26(17)19(28)32-21(23,24)22(25,29-4)30-14-16-10-8-7-9-11-16/h7-11,17-18,27H,12-15H2,1-6H3/t17-,18+,22?/m0/s1. The van der Waals surface area contributed by atoms with Gasteiger partial charge < -0.3 is 28.6 Å². The van der Waals surface area contributed by atoms with Crippen molar-refractivity contribution >= 4 is 49.2 Å². The Labute approximate surface area is 212 Å². The first-order valence-electron chi connectivity index (χ1n) is 10.7. The molecule has 1 aromatic rings. The van der Waals surface area contributed by atoms with Crippen LogP contribution in [0.5, 0.6) is 0 Å². The van der Waals surface area contributed by atoms with Gasteiger partial charge in [0, 0.05) is 7.11 Å². The molecule has 0 radical (unpaired) electrons. The average Bonchev–Trinajstić information content (AvgIpc) is 3.11. The van der Waals surface area contributed by atoms with Gasteiger partial charge in [0.05, 0.1) is 31.9 Å². The number of hydrogen-bond acceptors (Lipinski definition) is 6. The number of hydrogen-bond donors (Lipinski definition) is 1. The van der Waals surface area contributed by atoms with Crippen LogP contribution in [0.15, 0.2) is 30.3 Å². The minimum absolute atomic E-state index is 0.00374. The molecule has 0 bridgehead atoms. The minimum atomic E-state index is -2.38. The highest BCUT2D eigenvalue weighted by atomic mass is 35.5. The smallest absolute Gasteiger partial charge is 0.413 e. The number of aliphatic hydroxyl groups is 1. The molecule has 3 atom stereocenters. The maximum Gasteiger partial charge on any atom is 0.413 e. The van der Waals surface area contributed by atoms with E-state index in [4.69, 9.17) is 53.4 Å². The van der Waals surface area contributed by atoms with Crippen molar-refractivity contribution in [3.05, 3.63) is 35.9 Å². The summed E-state index contributed by atoms with van der Waals surface area (Å²) in [7, 11) is -0.821. The Hall–Kier alpha value is -0.583. The Morgan fingerprint density at radius 2 is 1.79 bits per heavy atom. The lowest BCUT2D eigenvalue weighted by Gasteiger charge is -2.38. The van der Waals surface area contributed by atoms with Gasteiger partial charge in [0.2, 0.25) is 0 Å². The number of amides is 1. The fourth-order valence-electron chi connectivity index (χ4n) is 3.04. The third kappa shape index (κ3) is 7.21. The van der Waals surface area contributed by atoms with Gasteiger partial charge in [-0.3, -0.25) is 0 Å². The SMILES string of the molecule is COC(Cl)(OCc1ccccc1)C(Cl)(Cl)OC(=O)N1C[C@H](O)C[C@H]1CO[Si](C)(C)C(C)(C)C. The Morgan fingerprint density at radius 1 is 1.18 bits per heavy atom. The number of methoxy groups -OCH3 is 1. The molecule has 1 heterocycles. The van der Waals surface area contributed by atoms with Gasteiger partial charge in [-0.2, -0.15) is 0 Å². The largest absolute Gasteiger partial charge is 0.415 e. The zero-order chi connectivity index (χ0) is 25.1. The zero-order valence-corrected chi connectivity index (χ0v) is 23.2. The molecule has 1 saturated heterocycles. The summed E-state index contributed by atoms with van der Waals surface area (Å²) in [6.45, 7) is 11.0. The second-order valence-electron chi connectivity index (χ2n) is 9.67. The molecule has 188 valence electrons. The Bertz CT molecular complexity index is 792. The minimum Gasteiger partial charge on any atom is -0.415 e. The predicted octanol–water partition coefficient (Wildman–Crippen LogP) is 5.47. The monoisotopic (exact) mass is 541 g/mol. The van der Waals surface area contributed by atoms with Crippen molar-refractivity contribution in [2.24, 2.45) is 0 Å². The topological polar surface area (TPSA) is 77.5 Å². The van der Waals surface area contributed by atoms with Crippen LogP contribution in [0.2, 0.25) is 18.1 Å². The summed E-state index contributed by atoms with van der Waals surface area (Å²) in [5.41, 5.74) is 0.792. The number of alkyl halides is 3. The molecule has 0 aliphatic carbocycles. The first-order chi connectivity index (χ1) is 15.1. The van der Waals surface area contributed by atoms with Crippen molar-refractivity contribution < 1.29 is 28.5 Å². The number of benzene rings is 1. The number of aliphatic hydroxyl groups excluding tert-OH is 1. The number of nitrogens with zero attached hydrogens (tertiary/aromatic N) is 1. The number of likely N-dealkylation sites (tertiary alicyclic amines) is 1. The molecule has 7 nitrogen and oxygen atoms in total. The number of β-amino-alcohol motifs (C(OH)–C–C–N with tert-alkyl or cyclic N) is 1. The Morgan fingerprint density at radius 3 is 2.33 bits per heavy atom. The number of carbonyl (C=O) groups excluding carboxylic acids is 1. The van der Waals surface area contributed by atoms with E-state index in [0.717, 1.165) is 5.56 Å². The number of ether oxygens (including phenoxy) is 3. The van der Waals surface area contributed by atoms with E-state index in [1.54, 1.807) is 0 Å². The molecule has 1 amide bonds. The molecular weight excluding hydrogens is 509 g/mol. The average molecular weight is 543 g/mol. The highest BCUT2D eigenvalue weighted by Gasteiger charge is 2.56. The summed E-state index contributed by atoms with van der Waals surface area (Å²) in [6.07, 6.45) is -1.23. The van der Waals surface area contributed by atoms with Gasteiger partial charge in [-0.05, 0) is 64.9 Å². The normalized spacial score (nSPS) is 21.7. The van der Waals surface area contributed by atoms with Gasteiger partial charge in [0.1, 0.15) is 0 Å². The second-order valence-corrected chi connectivity index (χ2v) is 16.2. The van der Waals surface area contributed by atoms with E-state index in [1.165, 1.54) is 12.0 Å². The van der Waals surface area contributed by atoms with Gasteiger partial charge in [-0.15, -0.1) is 0 Å². The predicted molar refractivity (Wildman–Crippen MR) is 132 cm³/mol. The van der Waals surface area contributed by atoms with Crippen LogP contribution in [0.4, 0.5) is 4.79 Å². The first-order valence-corrected chi connectivity index (χ1v) is 14.8. The van der Waals surface area contributed by atoms with Gasteiger partial charge in [0.25, 0.3) is 0 Å². The van der Waals surface area contributed by atoms with E-state index in [9.17, 15) is 9.90 Å². The van der Waals surface area contributed by atoms with Crippen molar-refractivity contribution in [2.45, 2.75) is 73.8 Å². The molecule has 33 heavy (non-hydrogen) atoms. The first kappa shape index (κ1) is 28.7. The second kappa shape index (κ2) is 11.0. The summed E-state index contributed by atoms with van der Waals surface area (Å²) in [4.78, 5) is 14.3. The molecule has 0 aromatic heterocycles. The van der Waals surface area contributed by atoms with E-state index in [0.29, 0.717) is 6.42 Å². The van der Waals surface area contributed by atoms with E-state index in [2.05, 4.69) is 33.9 Å². The van der Waals surface area contributed by atoms with Crippen LogP contribution in [0.1, 0.15) is 32.8 Å². The molecule has 11 heteroatoms. The van der Waals surface area contributed by atoms with Crippen LogP contribution >= 0.6 is 34.8 Å². The van der Waals surface area contributed by atoms with Gasteiger partial charge in [-0.25, -0.2) is 4.79 Å². The molecular formula is C22H34Cl3NO6Si. The lowest BCUT2D eigenvalue weighted by atomic mass is 10.2. The highest BCUT2D eigenvalue weighted by molar-refractivity contribution is 6.74. The van der Waals surface area contributed by atoms with Crippen molar-refractivity contribution in [3.8, 4) is 0 Å². The molecule has 1 unspecified atom stereocenters. The van der Waals surface area contributed by atoms with Crippen LogP contribution in [0.3, 0.4) is 0 Å². The van der Waals surface area contributed by atoms with E-state index >= 15 is 0 Å². The van der Waals surface area contributed by atoms with E-state index < -0.39 is 36.3 Å². The fourth-order valence-corrected chi connectivity index (χ4v) is 4.57. The molecule has 1 aliphatic heterocycles. The van der Waals surface area contributed by atoms with Crippen LogP contribution in [0, 0.1) is 0 Å². The number of halogens is 3. The van der Waals surface area contributed by atoms with Crippen molar-refractivity contribution in [3.63, 3.8) is 0 Å². The molecule has 1 aromatic carbocycles. The summed E-state index contributed by atoms with van der Waals surface area (Å²) in [5, 5.41) is 8.02. The highest BCUT2D eigenvalue weighted by Crippen LogP contribution is 2.43. The Balaban J connectivity index is 2.07. The summed E-state index contributed by atoms with van der Waals surface area (Å²) in [5.74, 6) is 0. The van der Waals surface area contributed by atoms with Crippen LogP contribution in [-0.2, 0) is 25.2 Å². The van der Waals surface area contributed by atoms with Gasteiger partial charge in [0.15, 0.2) is 8.32 Å². The lowest BCUT2D eigenvalue weighted by Crippen LogP contribution is -2.52. The van der Waals surface area contributed by atoms with Crippen LogP contribution in [-0.4, -0.2) is 66.6 Å². The van der Waals surface area contributed by atoms with Gasteiger partial charge >= 0.3 is 15.9 Å². The van der Waals surface area contributed by atoms with E-state index in [-0.39, 0.29) is 24.8 Å². The van der Waals surface area contributed by atoms with E-state index in [1.807, 2.05) is 30.3 Å². The summed E-state index contributed by atoms with van der Waals surface area (Å²) in [6, 6.07) is 8.77.